The maximum atomic E-state index is 13.5. The molecule has 1 unspecified atom stereocenters. The number of cyclic esters (lactones) is 1. The number of amides is 1. The molecule has 2 aliphatic rings. The first-order chi connectivity index (χ1) is 16.8. The van der Waals surface area contributed by atoms with Crippen LogP contribution in [-0.4, -0.2) is 33.9 Å². The van der Waals surface area contributed by atoms with E-state index in [0.717, 1.165) is 28.5 Å². The molecule has 9 nitrogen and oxygen atoms in total. The molecular formula is C26H25N3O6. The molecule has 1 aromatic carbocycles. The highest BCUT2D eigenvalue weighted by Gasteiger charge is 2.39. The summed E-state index contributed by atoms with van der Waals surface area (Å²) in [6, 6.07) is 8.61. The van der Waals surface area contributed by atoms with Crippen LogP contribution in [0, 0.1) is 5.92 Å². The highest BCUT2D eigenvalue weighted by atomic mass is 16.6. The fourth-order valence-electron chi connectivity index (χ4n) is 4.96. The first kappa shape index (κ1) is 22.8. The van der Waals surface area contributed by atoms with Gasteiger partial charge in [-0.05, 0) is 30.0 Å². The van der Waals surface area contributed by atoms with Crippen LogP contribution in [0.25, 0.3) is 22.3 Å². The number of benzene rings is 1. The smallest absolute Gasteiger partial charge is 0.352 e. The van der Waals surface area contributed by atoms with Gasteiger partial charge in [0.25, 0.3) is 5.56 Å². The van der Waals surface area contributed by atoms with Crippen molar-refractivity contribution in [1.82, 2.24) is 14.9 Å². The number of nitrogens with zero attached hydrogens (tertiary/aromatic N) is 2. The molecule has 1 N–H and O–H groups in total. The third-order valence-electron chi connectivity index (χ3n) is 6.72. The summed E-state index contributed by atoms with van der Waals surface area (Å²) in [5, 5.41) is 3.47. The summed E-state index contributed by atoms with van der Waals surface area (Å²) in [4.78, 5) is 54.8. The number of pyridine rings is 2. The predicted molar refractivity (Wildman–Crippen MR) is 126 cm³/mol. The van der Waals surface area contributed by atoms with Gasteiger partial charge in [0.05, 0.1) is 29.0 Å². The van der Waals surface area contributed by atoms with E-state index in [9.17, 15) is 19.2 Å². The molecule has 0 saturated heterocycles. The highest BCUT2D eigenvalue weighted by molar-refractivity contribution is 5.89. The lowest BCUT2D eigenvalue weighted by Crippen LogP contribution is -2.43. The summed E-state index contributed by atoms with van der Waals surface area (Å²) in [6.07, 6.45) is -0.221. The van der Waals surface area contributed by atoms with Crippen molar-refractivity contribution in [2.45, 2.75) is 52.5 Å². The van der Waals surface area contributed by atoms with E-state index >= 15 is 0 Å². The van der Waals surface area contributed by atoms with Gasteiger partial charge in [0.2, 0.25) is 12.5 Å². The Hall–Kier alpha value is -4.01. The predicted octanol–water partition coefficient (Wildman–Crippen LogP) is 2.40. The van der Waals surface area contributed by atoms with E-state index in [1.807, 2.05) is 24.3 Å². The number of nitrogens with one attached hydrogen (secondary N) is 1. The van der Waals surface area contributed by atoms with Crippen LogP contribution < -0.4 is 10.9 Å². The number of fused-ring (bicyclic) bond motifs is 5. The summed E-state index contributed by atoms with van der Waals surface area (Å²) in [6.45, 7) is 5.72. The molecule has 2 atom stereocenters. The fourth-order valence-corrected chi connectivity index (χ4v) is 4.96. The van der Waals surface area contributed by atoms with Gasteiger partial charge >= 0.3 is 11.9 Å². The number of ether oxygens (including phenoxy) is 2. The van der Waals surface area contributed by atoms with Crippen molar-refractivity contribution in [2.75, 3.05) is 0 Å². The number of hydrogen-bond donors (Lipinski definition) is 1. The second-order valence-electron chi connectivity index (χ2n) is 9.07. The van der Waals surface area contributed by atoms with E-state index in [1.54, 1.807) is 24.5 Å². The van der Waals surface area contributed by atoms with Gasteiger partial charge < -0.3 is 19.4 Å². The van der Waals surface area contributed by atoms with Crippen LogP contribution in [0.3, 0.4) is 0 Å². The van der Waals surface area contributed by atoms with Gasteiger partial charge in [0.1, 0.15) is 12.6 Å². The minimum atomic E-state index is -1.41. The molecule has 3 aromatic rings. The van der Waals surface area contributed by atoms with Crippen molar-refractivity contribution in [2.24, 2.45) is 5.92 Å². The van der Waals surface area contributed by atoms with Crippen LogP contribution in [0.1, 0.15) is 49.1 Å². The van der Waals surface area contributed by atoms with Crippen molar-refractivity contribution in [3.63, 3.8) is 0 Å². The summed E-state index contributed by atoms with van der Waals surface area (Å²) < 4.78 is 12.4. The van der Waals surface area contributed by atoms with E-state index in [0.29, 0.717) is 29.9 Å². The zero-order chi connectivity index (χ0) is 24.9. The van der Waals surface area contributed by atoms with Crippen LogP contribution in [0.4, 0.5) is 0 Å². The molecule has 9 heteroatoms. The number of esters is 2. The number of carbonyl (C=O) groups is 3. The van der Waals surface area contributed by atoms with Gasteiger partial charge in [-0.25, -0.2) is 14.6 Å². The Bertz CT molecular complexity index is 1440. The van der Waals surface area contributed by atoms with Gasteiger partial charge in [-0.2, -0.15) is 0 Å². The van der Waals surface area contributed by atoms with Gasteiger partial charge in [-0.1, -0.05) is 39.0 Å². The van der Waals surface area contributed by atoms with E-state index in [-0.39, 0.29) is 23.6 Å². The lowest BCUT2D eigenvalue weighted by molar-refractivity contribution is -0.173. The number of para-hydroxylation sites is 1. The maximum absolute atomic E-state index is 13.5. The van der Waals surface area contributed by atoms with Crippen molar-refractivity contribution < 1.29 is 23.9 Å². The van der Waals surface area contributed by atoms with Gasteiger partial charge in [0.15, 0.2) is 0 Å². The van der Waals surface area contributed by atoms with E-state index < -0.39 is 24.1 Å². The van der Waals surface area contributed by atoms with Crippen molar-refractivity contribution in [1.29, 1.82) is 0 Å². The number of hydrogen-bond acceptors (Lipinski definition) is 7. The third kappa shape index (κ3) is 3.58. The quantitative estimate of drug-likeness (QED) is 0.336. The summed E-state index contributed by atoms with van der Waals surface area (Å²) in [7, 11) is 0. The Kier molecular flexibility index (Phi) is 5.62. The summed E-state index contributed by atoms with van der Waals surface area (Å²) in [5.74, 6) is -1.81. The van der Waals surface area contributed by atoms with Gasteiger partial charge in [-0.15, -0.1) is 0 Å². The summed E-state index contributed by atoms with van der Waals surface area (Å²) >= 11 is 0. The molecule has 35 heavy (non-hydrogen) atoms. The Morgan fingerprint density at radius 3 is 2.77 bits per heavy atom. The van der Waals surface area contributed by atoms with E-state index in [2.05, 4.69) is 12.2 Å². The molecule has 0 bridgehead atoms. The second kappa shape index (κ2) is 8.65. The number of carbonyl (C=O) groups excluding carboxylic acids is 3. The average Bonchev–Trinajstić information content (AvgIpc) is 3.21. The normalized spacial score (nSPS) is 16.8. The van der Waals surface area contributed by atoms with E-state index in [1.165, 1.54) is 0 Å². The van der Waals surface area contributed by atoms with Crippen LogP contribution in [0.15, 0.2) is 35.1 Å². The number of rotatable bonds is 6. The zero-order valence-corrected chi connectivity index (χ0v) is 19.7. The topological polar surface area (TPSA) is 117 Å². The molecule has 1 amide bonds. The first-order valence-electron chi connectivity index (χ1n) is 11.6. The lowest BCUT2D eigenvalue weighted by atomic mass is 9.97. The first-order valence-corrected chi connectivity index (χ1v) is 11.6. The molecule has 0 aliphatic carbocycles. The highest BCUT2D eigenvalue weighted by Crippen LogP contribution is 2.38. The van der Waals surface area contributed by atoms with E-state index in [4.69, 9.17) is 14.5 Å². The van der Waals surface area contributed by atoms with Gasteiger partial charge in [-0.3, -0.25) is 9.59 Å². The molecular weight excluding hydrogens is 450 g/mol. The third-order valence-corrected chi connectivity index (χ3v) is 6.72. The molecule has 0 radical (unpaired) electrons. The molecule has 5 rings (SSSR count). The van der Waals surface area contributed by atoms with Crippen molar-refractivity contribution >= 4 is 29.3 Å². The molecule has 2 aliphatic heterocycles. The molecule has 180 valence electrons. The fraction of sp³-hybridized carbons (Fsp3) is 0.346. The molecule has 0 saturated carbocycles. The summed E-state index contributed by atoms with van der Waals surface area (Å²) in [5.41, 5.74) is 4.44. The van der Waals surface area contributed by atoms with Crippen LogP contribution >= 0.6 is 0 Å². The number of aryl methyl sites for hydroxylation is 1. The Labute approximate surface area is 201 Å². The van der Waals surface area contributed by atoms with Crippen molar-refractivity contribution in [3.05, 3.63) is 62.9 Å². The lowest BCUT2D eigenvalue weighted by Gasteiger charge is -2.27. The molecule has 0 fully saturated rings. The van der Waals surface area contributed by atoms with Crippen LogP contribution in [0.2, 0.25) is 0 Å². The van der Waals surface area contributed by atoms with Crippen molar-refractivity contribution in [3.8, 4) is 11.4 Å². The molecule has 2 aromatic heterocycles. The maximum Gasteiger partial charge on any atom is 0.352 e. The zero-order valence-electron chi connectivity index (χ0n) is 19.7. The average molecular weight is 476 g/mol. The molecule has 4 heterocycles. The van der Waals surface area contributed by atoms with Gasteiger partial charge in [0, 0.05) is 16.5 Å². The van der Waals surface area contributed by atoms with Crippen LogP contribution in [0.5, 0.6) is 0 Å². The Morgan fingerprint density at radius 1 is 1.29 bits per heavy atom. The monoisotopic (exact) mass is 475 g/mol. The molecule has 0 spiro atoms. The minimum absolute atomic E-state index is 0.200. The SMILES string of the molecule is CCc1c2c(nc3ccccc13)-c1cc3c(c(=O)n1C2)COC(=O)C3OC(=O)[C@@H](NC=O)C(C)C. The number of aromatic nitrogens is 2. The standard InChI is InChI=1S/C26H25N3O6/c1-4-14-15-7-5-6-8-19(15)28-22-17(14)10-29-20(22)9-16-18(24(29)31)11-34-26(33)23(16)35-25(32)21(13(2)3)27-12-30/h5-9,12-13,21,23H,4,10-11H2,1-3H3,(H,27,30)/t21-,23?/m0/s1. The minimum Gasteiger partial charge on any atom is -0.458 e. The second-order valence-corrected chi connectivity index (χ2v) is 9.07. The Morgan fingerprint density at radius 2 is 2.06 bits per heavy atom. The largest absolute Gasteiger partial charge is 0.458 e. The Balaban J connectivity index is 1.63. The van der Waals surface area contributed by atoms with Crippen LogP contribution in [-0.2, 0) is 43.4 Å².